The Labute approximate surface area is 123 Å². The number of amides is 1. The van der Waals surface area contributed by atoms with Gasteiger partial charge >= 0.3 is 0 Å². The molecule has 110 valence electrons. The van der Waals surface area contributed by atoms with E-state index >= 15 is 0 Å². The van der Waals surface area contributed by atoms with Gasteiger partial charge in [0.15, 0.2) is 0 Å². The number of likely N-dealkylation sites (tertiary alicyclic amines) is 1. The number of carbonyl (C=O) groups is 1. The zero-order valence-electron chi connectivity index (χ0n) is 11.8. The summed E-state index contributed by atoms with van der Waals surface area (Å²) in [6.07, 6.45) is 5.18. The zero-order chi connectivity index (χ0) is 14.7. The standard InChI is InChI=1S/C14H20ClN3O2/c1-10-12(14(15)17(2)16-10)5-6-13(20)18-7-3-4-11(8-18)9-19/h5-6,11,19H,3-4,7-9H2,1-2H3/b6-5+. The Morgan fingerprint density at radius 2 is 2.35 bits per heavy atom. The van der Waals surface area contributed by atoms with Crippen molar-refractivity contribution in [2.75, 3.05) is 19.7 Å². The molecule has 2 heterocycles. The molecule has 1 amide bonds. The molecule has 2 rings (SSSR count). The molecule has 1 N–H and O–H groups in total. The number of halogens is 1. The Hall–Kier alpha value is -1.33. The van der Waals surface area contributed by atoms with Crippen molar-refractivity contribution in [1.82, 2.24) is 14.7 Å². The molecule has 0 aliphatic carbocycles. The molecule has 20 heavy (non-hydrogen) atoms. The molecule has 1 fully saturated rings. The Bertz CT molecular complexity index is 525. The molecule has 0 spiro atoms. The number of rotatable bonds is 3. The lowest BCUT2D eigenvalue weighted by Gasteiger charge is -2.31. The topological polar surface area (TPSA) is 58.4 Å². The maximum atomic E-state index is 12.1. The molecular weight excluding hydrogens is 278 g/mol. The van der Waals surface area contributed by atoms with E-state index in [2.05, 4.69) is 5.10 Å². The van der Waals surface area contributed by atoms with Crippen LogP contribution >= 0.6 is 11.6 Å². The Kier molecular flexibility index (Phi) is 4.83. The summed E-state index contributed by atoms with van der Waals surface area (Å²) in [6.45, 7) is 3.37. The minimum absolute atomic E-state index is 0.0394. The first kappa shape index (κ1) is 15.1. The van der Waals surface area contributed by atoms with Gasteiger partial charge in [-0.25, -0.2) is 0 Å². The van der Waals surface area contributed by atoms with Gasteiger partial charge in [0.2, 0.25) is 5.91 Å². The summed E-state index contributed by atoms with van der Waals surface area (Å²) in [7, 11) is 1.77. The van der Waals surface area contributed by atoms with Gasteiger partial charge in [-0.1, -0.05) is 11.6 Å². The molecule has 1 unspecified atom stereocenters. The number of hydrogen-bond donors (Lipinski definition) is 1. The molecular formula is C14H20ClN3O2. The van der Waals surface area contributed by atoms with Gasteiger partial charge in [-0.2, -0.15) is 5.10 Å². The summed E-state index contributed by atoms with van der Waals surface area (Å²) in [4.78, 5) is 13.9. The smallest absolute Gasteiger partial charge is 0.246 e. The number of aryl methyl sites for hydroxylation is 2. The molecule has 6 heteroatoms. The highest BCUT2D eigenvalue weighted by Crippen LogP contribution is 2.21. The SMILES string of the molecule is Cc1nn(C)c(Cl)c1/C=C/C(=O)N1CCCC(CO)C1. The van der Waals surface area contributed by atoms with Crippen LogP contribution in [-0.2, 0) is 11.8 Å². The van der Waals surface area contributed by atoms with Crippen molar-refractivity contribution in [2.24, 2.45) is 13.0 Å². The lowest BCUT2D eigenvalue weighted by molar-refractivity contribution is -0.127. The summed E-state index contributed by atoms with van der Waals surface area (Å²) in [5.41, 5.74) is 1.58. The van der Waals surface area contributed by atoms with E-state index in [1.54, 1.807) is 22.7 Å². The van der Waals surface area contributed by atoms with Crippen molar-refractivity contribution < 1.29 is 9.90 Å². The van der Waals surface area contributed by atoms with E-state index in [0.29, 0.717) is 11.7 Å². The van der Waals surface area contributed by atoms with Crippen molar-refractivity contribution >= 4 is 23.6 Å². The van der Waals surface area contributed by atoms with Gasteiger partial charge < -0.3 is 10.0 Å². The van der Waals surface area contributed by atoms with Crippen LogP contribution in [-0.4, -0.2) is 45.4 Å². The highest BCUT2D eigenvalue weighted by atomic mass is 35.5. The average molecular weight is 298 g/mol. The third-order valence-corrected chi connectivity index (χ3v) is 4.13. The minimum atomic E-state index is -0.0394. The molecule has 0 bridgehead atoms. The number of nitrogens with zero attached hydrogens (tertiary/aromatic N) is 3. The van der Waals surface area contributed by atoms with E-state index in [-0.39, 0.29) is 18.4 Å². The van der Waals surface area contributed by atoms with E-state index in [1.165, 1.54) is 6.08 Å². The monoisotopic (exact) mass is 297 g/mol. The van der Waals surface area contributed by atoms with E-state index in [1.807, 2.05) is 6.92 Å². The van der Waals surface area contributed by atoms with Crippen LogP contribution in [0.3, 0.4) is 0 Å². The predicted molar refractivity (Wildman–Crippen MR) is 78.4 cm³/mol. The van der Waals surface area contributed by atoms with Crippen molar-refractivity contribution in [3.63, 3.8) is 0 Å². The summed E-state index contributed by atoms with van der Waals surface area (Å²) in [6, 6.07) is 0. The Morgan fingerprint density at radius 3 is 2.95 bits per heavy atom. The molecule has 1 atom stereocenters. The quantitative estimate of drug-likeness (QED) is 0.863. The van der Waals surface area contributed by atoms with Crippen LogP contribution in [0, 0.1) is 12.8 Å². The van der Waals surface area contributed by atoms with E-state index in [9.17, 15) is 9.90 Å². The van der Waals surface area contributed by atoms with Gasteiger partial charge in [-0.05, 0) is 31.8 Å². The van der Waals surface area contributed by atoms with Crippen molar-refractivity contribution in [3.05, 3.63) is 22.5 Å². The van der Waals surface area contributed by atoms with Gasteiger partial charge in [0.05, 0.1) is 5.69 Å². The number of aromatic nitrogens is 2. The maximum absolute atomic E-state index is 12.1. The summed E-state index contributed by atoms with van der Waals surface area (Å²) in [5, 5.41) is 13.9. The first-order chi connectivity index (χ1) is 9.52. The number of aliphatic hydroxyl groups excluding tert-OH is 1. The van der Waals surface area contributed by atoms with Crippen LogP contribution in [0.25, 0.3) is 6.08 Å². The number of carbonyl (C=O) groups excluding carboxylic acids is 1. The van der Waals surface area contributed by atoms with E-state index in [4.69, 9.17) is 11.6 Å². The third-order valence-electron chi connectivity index (χ3n) is 3.68. The highest BCUT2D eigenvalue weighted by molar-refractivity contribution is 6.31. The van der Waals surface area contributed by atoms with Crippen LogP contribution in [0.2, 0.25) is 5.15 Å². The fraction of sp³-hybridized carbons (Fsp3) is 0.571. The van der Waals surface area contributed by atoms with Gasteiger partial charge in [-0.3, -0.25) is 9.48 Å². The van der Waals surface area contributed by atoms with Crippen molar-refractivity contribution in [2.45, 2.75) is 19.8 Å². The summed E-state index contributed by atoms with van der Waals surface area (Å²) >= 11 is 6.12. The summed E-state index contributed by atoms with van der Waals surface area (Å²) in [5.74, 6) is 0.160. The molecule has 1 aromatic heterocycles. The first-order valence-electron chi connectivity index (χ1n) is 6.80. The van der Waals surface area contributed by atoms with Crippen LogP contribution in [0.4, 0.5) is 0 Å². The second-order valence-corrected chi connectivity index (χ2v) is 5.58. The summed E-state index contributed by atoms with van der Waals surface area (Å²) < 4.78 is 1.59. The number of hydrogen-bond acceptors (Lipinski definition) is 3. The lowest BCUT2D eigenvalue weighted by Crippen LogP contribution is -2.40. The minimum Gasteiger partial charge on any atom is -0.396 e. The number of aliphatic hydroxyl groups is 1. The Balaban J connectivity index is 2.05. The molecule has 1 aromatic rings. The van der Waals surface area contributed by atoms with Crippen molar-refractivity contribution in [1.29, 1.82) is 0 Å². The van der Waals surface area contributed by atoms with Gasteiger partial charge in [-0.15, -0.1) is 0 Å². The first-order valence-corrected chi connectivity index (χ1v) is 7.17. The molecule has 1 aliphatic heterocycles. The largest absolute Gasteiger partial charge is 0.396 e. The fourth-order valence-electron chi connectivity index (χ4n) is 2.51. The van der Waals surface area contributed by atoms with E-state index < -0.39 is 0 Å². The molecule has 0 radical (unpaired) electrons. The Morgan fingerprint density at radius 1 is 1.60 bits per heavy atom. The molecule has 1 saturated heterocycles. The molecule has 0 aromatic carbocycles. The second kappa shape index (κ2) is 6.41. The van der Waals surface area contributed by atoms with Crippen molar-refractivity contribution in [3.8, 4) is 0 Å². The van der Waals surface area contributed by atoms with Gasteiger partial charge in [0, 0.05) is 38.4 Å². The molecule has 1 aliphatic rings. The second-order valence-electron chi connectivity index (χ2n) is 5.22. The number of piperidine rings is 1. The predicted octanol–water partition coefficient (Wildman–Crippen LogP) is 1.63. The fourth-order valence-corrected chi connectivity index (χ4v) is 2.75. The zero-order valence-corrected chi connectivity index (χ0v) is 12.6. The van der Waals surface area contributed by atoms with Crippen LogP contribution in [0.15, 0.2) is 6.08 Å². The third kappa shape index (κ3) is 3.22. The van der Waals surface area contributed by atoms with E-state index in [0.717, 1.165) is 30.6 Å². The van der Waals surface area contributed by atoms with Gasteiger partial charge in [0.1, 0.15) is 5.15 Å². The highest BCUT2D eigenvalue weighted by Gasteiger charge is 2.21. The maximum Gasteiger partial charge on any atom is 0.246 e. The van der Waals surface area contributed by atoms with Gasteiger partial charge in [0.25, 0.3) is 0 Å². The van der Waals surface area contributed by atoms with Crippen LogP contribution < -0.4 is 0 Å². The average Bonchev–Trinajstić information content (AvgIpc) is 2.70. The normalized spacial score (nSPS) is 19.8. The lowest BCUT2D eigenvalue weighted by atomic mass is 9.99. The van der Waals surface area contributed by atoms with Crippen LogP contribution in [0.1, 0.15) is 24.1 Å². The van der Waals surface area contributed by atoms with Crippen LogP contribution in [0.5, 0.6) is 0 Å². The molecule has 5 nitrogen and oxygen atoms in total. The molecule has 0 saturated carbocycles.